The number of aliphatic carboxylic acids is 2. The molecule has 1 heterocycles. The first-order valence-corrected chi connectivity index (χ1v) is 7.06. The molecule has 3 unspecified atom stereocenters. The summed E-state index contributed by atoms with van der Waals surface area (Å²) in [7, 11) is 0. The molecular weight excluding hydrogens is 310 g/mol. The molecule has 0 amide bonds. The van der Waals surface area contributed by atoms with Gasteiger partial charge in [0, 0.05) is 5.56 Å². The third-order valence-corrected chi connectivity index (χ3v) is 4.55. The summed E-state index contributed by atoms with van der Waals surface area (Å²) in [5.74, 6) is -3.78. The zero-order valence-corrected chi connectivity index (χ0v) is 13.0. The molecule has 0 fully saturated rings. The Morgan fingerprint density at radius 2 is 1.91 bits per heavy atom. The van der Waals surface area contributed by atoms with E-state index >= 15 is 0 Å². The van der Waals surface area contributed by atoms with E-state index in [1.165, 1.54) is 19.9 Å². The summed E-state index contributed by atoms with van der Waals surface area (Å²) in [6, 6.07) is 1.40. The van der Waals surface area contributed by atoms with E-state index in [1.54, 1.807) is 6.92 Å². The molecule has 0 aromatic carbocycles. The molecule has 0 saturated heterocycles. The monoisotopic (exact) mass is 328 g/mol. The normalized spacial score (nSPS) is 30.6. The number of rotatable bonds is 4. The summed E-state index contributed by atoms with van der Waals surface area (Å²) in [4.78, 5) is 23.6. The lowest BCUT2D eigenvalue weighted by Crippen LogP contribution is -2.52. The van der Waals surface area contributed by atoms with Crippen molar-refractivity contribution in [3.63, 3.8) is 0 Å². The van der Waals surface area contributed by atoms with E-state index in [9.17, 15) is 28.6 Å². The van der Waals surface area contributed by atoms with Crippen LogP contribution >= 0.6 is 0 Å². The molecule has 0 aliphatic heterocycles. The van der Waals surface area contributed by atoms with Gasteiger partial charge < -0.3 is 14.6 Å². The molecule has 7 heteroatoms. The second kappa shape index (κ2) is 5.47. The van der Waals surface area contributed by atoms with Gasteiger partial charge in [0.05, 0.1) is 11.3 Å². The van der Waals surface area contributed by atoms with Crippen LogP contribution in [0.2, 0.25) is 0 Å². The van der Waals surface area contributed by atoms with Gasteiger partial charge in [-0.15, -0.1) is 0 Å². The zero-order valence-electron chi connectivity index (χ0n) is 13.0. The van der Waals surface area contributed by atoms with Crippen molar-refractivity contribution >= 4 is 11.9 Å². The van der Waals surface area contributed by atoms with Gasteiger partial charge in [-0.2, -0.15) is 0 Å². The van der Waals surface area contributed by atoms with Crippen LogP contribution in [0.4, 0.5) is 8.78 Å². The van der Waals surface area contributed by atoms with E-state index in [2.05, 4.69) is 0 Å². The topological polar surface area (TPSA) is 87.7 Å². The van der Waals surface area contributed by atoms with Crippen molar-refractivity contribution in [1.82, 2.24) is 0 Å². The van der Waals surface area contributed by atoms with Crippen molar-refractivity contribution in [2.24, 2.45) is 11.3 Å². The number of alkyl halides is 2. The van der Waals surface area contributed by atoms with Crippen molar-refractivity contribution < 1.29 is 33.0 Å². The Labute approximate surface area is 131 Å². The van der Waals surface area contributed by atoms with Crippen molar-refractivity contribution in [3.05, 3.63) is 35.3 Å². The van der Waals surface area contributed by atoms with Crippen LogP contribution in [0.25, 0.3) is 0 Å². The van der Waals surface area contributed by atoms with Crippen LogP contribution < -0.4 is 0 Å². The number of aryl methyl sites for hydroxylation is 2. The van der Waals surface area contributed by atoms with E-state index in [4.69, 9.17) is 4.42 Å². The predicted octanol–water partition coefficient (Wildman–Crippen LogP) is 3.15. The highest BCUT2D eigenvalue weighted by molar-refractivity contribution is 5.86. The van der Waals surface area contributed by atoms with E-state index < -0.39 is 41.5 Å². The SMILES string of the molecule is Cc1cc(C2(C(=O)O)CC(C)(C(=O)O)C=CC2C(F)F)c(C)o1. The van der Waals surface area contributed by atoms with Crippen LogP contribution in [0, 0.1) is 25.2 Å². The second-order valence-electron chi connectivity index (χ2n) is 6.22. The Bertz CT molecular complexity index is 678. The molecule has 126 valence electrons. The molecule has 3 atom stereocenters. The van der Waals surface area contributed by atoms with Gasteiger partial charge in [-0.25, -0.2) is 8.78 Å². The van der Waals surface area contributed by atoms with Crippen LogP contribution in [-0.2, 0) is 15.0 Å². The molecule has 1 aromatic rings. The van der Waals surface area contributed by atoms with Crippen LogP contribution in [0.5, 0.6) is 0 Å². The van der Waals surface area contributed by atoms with Crippen LogP contribution in [0.15, 0.2) is 22.6 Å². The maximum Gasteiger partial charge on any atom is 0.315 e. The molecular formula is C16H18F2O5. The molecule has 0 radical (unpaired) electrons. The molecule has 1 aliphatic rings. The molecule has 5 nitrogen and oxygen atoms in total. The fourth-order valence-corrected chi connectivity index (χ4v) is 3.36. The highest BCUT2D eigenvalue weighted by atomic mass is 19.3. The Morgan fingerprint density at radius 3 is 2.30 bits per heavy atom. The van der Waals surface area contributed by atoms with Gasteiger partial charge in [0.2, 0.25) is 6.43 Å². The quantitative estimate of drug-likeness (QED) is 0.829. The molecule has 2 rings (SSSR count). The number of hydrogen-bond donors (Lipinski definition) is 2. The third kappa shape index (κ3) is 2.54. The van der Waals surface area contributed by atoms with Crippen LogP contribution in [0.1, 0.15) is 30.4 Å². The van der Waals surface area contributed by atoms with Crippen molar-refractivity contribution in [2.75, 3.05) is 0 Å². The van der Waals surface area contributed by atoms with Crippen LogP contribution in [-0.4, -0.2) is 28.6 Å². The smallest absolute Gasteiger partial charge is 0.315 e. The molecule has 1 aromatic heterocycles. The molecule has 1 aliphatic carbocycles. The fraction of sp³-hybridized carbons (Fsp3) is 0.500. The van der Waals surface area contributed by atoms with Crippen LogP contribution in [0.3, 0.4) is 0 Å². The van der Waals surface area contributed by atoms with Crippen molar-refractivity contribution in [2.45, 2.75) is 39.0 Å². The summed E-state index contributed by atoms with van der Waals surface area (Å²) in [6.07, 6.45) is -1.25. The van der Waals surface area contributed by atoms with E-state index in [0.717, 1.165) is 12.2 Å². The number of carbonyl (C=O) groups is 2. The average Bonchev–Trinajstić information content (AvgIpc) is 2.76. The molecule has 0 bridgehead atoms. The molecule has 0 spiro atoms. The third-order valence-electron chi connectivity index (χ3n) is 4.55. The average molecular weight is 328 g/mol. The first-order chi connectivity index (χ1) is 10.5. The first-order valence-electron chi connectivity index (χ1n) is 7.06. The van der Waals surface area contributed by atoms with Gasteiger partial charge in [0.25, 0.3) is 0 Å². The van der Waals surface area contributed by atoms with Gasteiger partial charge >= 0.3 is 11.9 Å². The summed E-state index contributed by atoms with van der Waals surface area (Å²) in [6.45, 7) is 4.40. The number of halogens is 2. The number of allylic oxidation sites excluding steroid dienone is 1. The standard InChI is InChI=1S/C16H18F2O5/c1-8-6-11(9(2)23-8)16(14(21)22)7-15(3,13(19)20)5-4-10(16)12(17)18/h4-6,10,12H,7H2,1-3H3,(H,19,20)(H,21,22). The first kappa shape index (κ1) is 17.2. The largest absolute Gasteiger partial charge is 0.481 e. The van der Waals surface area contributed by atoms with E-state index in [1.807, 2.05) is 0 Å². The molecule has 2 N–H and O–H groups in total. The second-order valence-corrected chi connectivity index (χ2v) is 6.22. The minimum Gasteiger partial charge on any atom is -0.481 e. The maximum atomic E-state index is 13.6. The van der Waals surface area contributed by atoms with Gasteiger partial charge in [-0.3, -0.25) is 9.59 Å². The number of furan rings is 1. The Kier molecular flexibility index (Phi) is 4.09. The minimum atomic E-state index is -2.95. The van der Waals surface area contributed by atoms with E-state index in [-0.39, 0.29) is 11.3 Å². The summed E-state index contributed by atoms with van der Waals surface area (Å²) in [5.41, 5.74) is -3.51. The van der Waals surface area contributed by atoms with Gasteiger partial charge in [-0.1, -0.05) is 12.2 Å². The number of carboxylic acid groups (broad SMARTS) is 2. The highest BCUT2D eigenvalue weighted by Gasteiger charge is 2.58. The highest BCUT2D eigenvalue weighted by Crippen LogP contribution is 2.51. The van der Waals surface area contributed by atoms with Gasteiger partial charge in [0.1, 0.15) is 16.9 Å². The van der Waals surface area contributed by atoms with Gasteiger partial charge in [0.15, 0.2) is 0 Å². The molecule has 23 heavy (non-hydrogen) atoms. The lowest BCUT2D eigenvalue weighted by atomic mass is 9.58. The Morgan fingerprint density at radius 1 is 1.30 bits per heavy atom. The summed E-state index contributed by atoms with van der Waals surface area (Å²) < 4.78 is 32.4. The maximum absolute atomic E-state index is 13.6. The fourth-order valence-electron chi connectivity index (χ4n) is 3.36. The minimum absolute atomic E-state index is 0.102. The molecule has 0 saturated carbocycles. The number of hydrogen-bond acceptors (Lipinski definition) is 3. The lowest BCUT2D eigenvalue weighted by Gasteiger charge is -2.43. The number of carboxylic acids is 2. The van der Waals surface area contributed by atoms with Gasteiger partial charge in [-0.05, 0) is 33.3 Å². The Balaban J connectivity index is 2.76. The Hall–Kier alpha value is -2.18. The van der Waals surface area contributed by atoms with Crippen molar-refractivity contribution in [1.29, 1.82) is 0 Å². The summed E-state index contributed by atoms with van der Waals surface area (Å²) in [5, 5.41) is 19.2. The zero-order chi connectivity index (χ0) is 17.6. The lowest BCUT2D eigenvalue weighted by molar-refractivity contribution is -0.155. The predicted molar refractivity (Wildman–Crippen MR) is 76.5 cm³/mol. The van der Waals surface area contributed by atoms with Crippen molar-refractivity contribution in [3.8, 4) is 0 Å². The summed E-state index contributed by atoms with van der Waals surface area (Å²) >= 11 is 0. The van der Waals surface area contributed by atoms with E-state index in [0.29, 0.717) is 5.76 Å².